The van der Waals surface area contributed by atoms with Crippen LogP contribution in [-0.2, 0) is 6.42 Å². The first kappa shape index (κ1) is 16.4. The number of aromatic nitrogens is 2. The Kier molecular flexibility index (Phi) is 5.08. The van der Waals surface area contributed by atoms with Crippen LogP contribution < -0.4 is 9.80 Å². The molecule has 0 fully saturated rings. The van der Waals surface area contributed by atoms with Crippen molar-refractivity contribution in [2.75, 3.05) is 29.9 Å². The van der Waals surface area contributed by atoms with Crippen molar-refractivity contribution in [2.45, 2.75) is 32.6 Å². The van der Waals surface area contributed by atoms with Gasteiger partial charge in [0.25, 0.3) is 5.91 Å². The molecule has 3 rings (SSSR count). The number of nitrogens with zero attached hydrogens (tertiary/aromatic N) is 4. The van der Waals surface area contributed by atoms with E-state index >= 15 is 0 Å². The highest BCUT2D eigenvalue weighted by Gasteiger charge is 2.24. The van der Waals surface area contributed by atoms with Gasteiger partial charge in [-0.3, -0.25) is 4.79 Å². The summed E-state index contributed by atoms with van der Waals surface area (Å²) >= 11 is 0. The molecule has 1 aromatic heterocycles. The van der Waals surface area contributed by atoms with E-state index in [2.05, 4.69) is 23.0 Å². The number of amides is 1. The molecule has 0 spiro atoms. The van der Waals surface area contributed by atoms with Crippen molar-refractivity contribution < 1.29 is 4.79 Å². The largest absolute Gasteiger partial charge is 0.344 e. The van der Waals surface area contributed by atoms with Gasteiger partial charge in [-0.2, -0.15) is 0 Å². The van der Waals surface area contributed by atoms with E-state index in [-0.39, 0.29) is 5.91 Å². The highest BCUT2D eigenvalue weighted by Crippen LogP contribution is 2.27. The van der Waals surface area contributed by atoms with Crippen LogP contribution in [0.1, 0.15) is 42.2 Å². The standard InChI is InChI=1S/C19H24N4O/c1-3-4-13-22(2)19-20-12-11-16(21-19)18(24)23-14-7-9-15-8-5-6-10-17(15)23/h5-6,8,10-12H,3-4,7,9,13-14H2,1-2H3. The van der Waals surface area contributed by atoms with Crippen molar-refractivity contribution in [1.29, 1.82) is 0 Å². The highest BCUT2D eigenvalue weighted by atomic mass is 16.2. The maximum atomic E-state index is 13.0. The number of benzene rings is 1. The second-order valence-corrected chi connectivity index (χ2v) is 6.21. The molecule has 1 aliphatic heterocycles. The molecule has 0 unspecified atom stereocenters. The quantitative estimate of drug-likeness (QED) is 0.847. The number of hydrogen-bond donors (Lipinski definition) is 0. The Labute approximate surface area is 143 Å². The van der Waals surface area contributed by atoms with Crippen LogP contribution in [0.2, 0.25) is 0 Å². The van der Waals surface area contributed by atoms with Gasteiger partial charge in [0.2, 0.25) is 5.95 Å². The van der Waals surface area contributed by atoms with Crippen molar-refractivity contribution in [2.24, 2.45) is 0 Å². The summed E-state index contributed by atoms with van der Waals surface area (Å²) in [6.07, 6.45) is 5.88. The first-order chi connectivity index (χ1) is 11.7. The number of anilines is 2. The van der Waals surface area contributed by atoms with Gasteiger partial charge in [0, 0.05) is 32.0 Å². The predicted octanol–water partition coefficient (Wildman–Crippen LogP) is 3.31. The lowest BCUT2D eigenvalue weighted by atomic mass is 10.0. The Morgan fingerprint density at radius 1 is 1.29 bits per heavy atom. The van der Waals surface area contributed by atoms with Gasteiger partial charge in [0.05, 0.1) is 0 Å². The van der Waals surface area contributed by atoms with E-state index in [1.165, 1.54) is 5.56 Å². The number of carbonyl (C=O) groups excluding carboxylic acids is 1. The van der Waals surface area contributed by atoms with Crippen LogP contribution in [0.15, 0.2) is 36.5 Å². The van der Waals surface area contributed by atoms with Gasteiger partial charge in [-0.05, 0) is 37.0 Å². The predicted molar refractivity (Wildman–Crippen MR) is 96.6 cm³/mol. The van der Waals surface area contributed by atoms with Crippen LogP contribution in [0, 0.1) is 0 Å². The van der Waals surface area contributed by atoms with Gasteiger partial charge < -0.3 is 9.80 Å². The summed E-state index contributed by atoms with van der Waals surface area (Å²) in [5.74, 6) is 0.564. The molecule has 0 bridgehead atoms. The van der Waals surface area contributed by atoms with Crippen LogP contribution in [0.4, 0.5) is 11.6 Å². The minimum Gasteiger partial charge on any atom is -0.344 e. The summed E-state index contributed by atoms with van der Waals surface area (Å²) in [4.78, 5) is 25.6. The number of rotatable bonds is 5. The number of hydrogen-bond acceptors (Lipinski definition) is 4. The summed E-state index contributed by atoms with van der Waals surface area (Å²) in [7, 11) is 1.97. The molecular weight excluding hydrogens is 300 g/mol. The fourth-order valence-corrected chi connectivity index (χ4v) is 3.03. The molecule has 5 heteroatoms. The number of aryl methyl sites for hydroxylation is 1. The molecule has 0 radical (unpaired) electrons. The number of unbranched alkanes of at least 4 members (excludes halogenated alkanes) is 1. The van der Waals surface area contributed by atoms with E-state index in [1.54, 1.807) is 12.3 Å². The SMILES string of the molecule is CCCCN(C)c1nccc(C(=O)N2CCCc3ccccc32)n1. The van der Waals surface area contributed by atoms with E-state index in [0.717, 1.165) is 44.5 Å². The zero-order valence-corrected chi connectivity index (χ0v) is 14.4. The van der Waals surface area contributed by atoms with E-state index in [9.17, 15) is 4.79 Å². The van der Waals surface area contributed by atoms with Gasteiger partial charge in [-0.1, -0.05) is 31.5 Å². The molecule has 1 amide bonds. The van der Waals surface area contributed by atoms with Crippen molar-refractivity contribution in [3.8, 4) is 0 Å². The lowest BCUT2D eigenvalue weighted by Gasteiger charge is -2.29. The molecule has 1 aromatic carbocycles. The third-order valence-corrected chi connectivity index (χ3v) is 4.41. The number of fused-ring (bicyclic) bond motifs is 1. The molecule has 0 atom stereocenters. The Bertz CT molecular complexity index is 716. The Balaban J connectivity index is 1.84. The molecule has 0 saturated carbocycles. The molecule has 1 aliphatic rings. The van der Waals surface area contributed by atoms with Crippen LogP contribution >= 0.6 is 0 Å². The molecule has 126 valence electrons. The van der Waals surface area contributed by atoms with Crippen molar-refractivity contribution in [3.05, 3.63) is 47.8 Å². The van der Waals surface area contributed by atoms with Crippen LogP contribution in [0.25, 0.3) is 0 Å². The molecule has 2 aromatic rings. The van der Waals surface area contributed by atoms with Gasteiger partial charge in [-0.25, -0.2) is 9.97 Å². The van der Waals surface area contributed by atoms with Gasteiger partial charge >= 0.3 is 0 Å². The first-order valence-corrected chi connectivity index (χ1v) is 8.64. The fourth-order valence-electron chi connectivity index (χ4n) is 3.03. The Morgan fingerprint density at radius 2 is 2.12 bits per heavy atom. The van der Waals surface area contributed by atoms with Crippen LogP contribution in [-0.4, -0.2) is 36.0 Å². The third kappa shape index (κ3) is 3.40. The average molecular weight is 324 g/mol. The molecule has 2 heterocycles. The minimum absolute atomic E-state index is 0.0466. The van der Waals surface area contributed by atoms with E-state index < -0.39 is 0 Å². The Morgan fingerprint density at radius 3 is 2.96 bits per heavy atom. The van der Waals surface area contributed by atoms with E-state index in [1.807, 2.05) is 35.0 Å². The lowest BCUT2D eigenvalue weighted by molar-refractivity contribution is 0.0980. The fraction of sp³-hybridized carbons (Fsp3) is 0.421. The zero-order valence-electron chi connectivity index (χ0n) is 14.4. The van der Waals surface area contributed by atoms with E-state index in [0.29, 0.717) is 11.6 Å². The van der Waals surface area contributed by atoms with Gasteiger partial charge in [-0.15, -0.1) is 0 Å². The molecule has 24 heavy (non-hydrogen) atoms. The average Bonchev–Trinajstić information content (AvgIpc) is 2.65. The normalized spacial score (nSPS) is 13.5. The third-order valence-electron chi connectivity index (χ3n) is 4.41. The summed E-state index contributed by atoms with van der Waals surface area (Å²) in [5, 5.41) is 0. The van der Waals surface area contributed by atoms with E-state index in [4.69, 9.17) is 0 Å². The first-order valence-electron chi connectivity index (χ1n) is 8.64. The van der Waals surface area contributed by atoms with Crippen molar-refractivity contribution in [3.63, 3.8) is 0 Å². The summed E-state index contributed by atoms with van der Waals surface area (Å²) in [5.41, 5.74) is 2.69. The zero-order chi connectivity index (χ0) is 16.9. The molecule has 5 nitrogen and oxygen atoms in total. The summed E-state index contributed by atoms with van der Waals surface area (Å²) in [6, 6.07) is 9.82. The molecule has 0 saturated heterocycles. The Hall–Kier alpha value is -2.43. The second-order valence-electron chi connectivity index (χ2n) is 6.21. The monoisotopic (exact) mass is 324 g/mol. The summed E-state index contributed by atoms with van der Waals surface area (Å²) < 4.78 is 0. The number of carbonyl (C=O) groups is 1. The molecule has 0 aliphatic carbocycles. The molecule has 0 N–H and O–H groups in total. The number of para-hydroxylation sites is 1. The second kappa shape index (κ2) is 7.43. The van der Waals surface area contributed by atoms with Gasteiger partial charge in [0.15, 0.2) is 0 Å². The highest BCUT2D eigenvalue weighted by molar-refractivity contribution is 6.05. The maximum Gasteiger partial charge on any atom is 0.277 e. The van der Waals surface area contributed by atoms with Gasteiger partial charge in [0.1, 0.15) is 5.69 Å². The smallest absolute Gasteiger partial charge is 0.277 e. The molecular formula is C19H24N4O. The van der Waals surface area contributed by atoms with Crippen molar-refractivity contribution in [1.82, 2.24) is 9.97 Å². The van der Waals surface area contributed by atoms with Crippen molar-refractivity contribution >= 4 is 17.5 Å². The van der Waals surface area contributed by atoms with Crippen LogP contribution in [0.3, 0.4) is 0 Å². The maximum absolute atomic E-state index is 13.0. The minimum atomic E-state index is -0.0466. The summed E-state index contributed by atoms with van der Waals surface area (Å²) in [6.45, 7) is 3.78. The lowest BCUT2D eigenvalue weighted by Crippen LogP contribution is -2.36. The topological polar surface area (TPSA) is 49.3 Å². The van der Waals surface area contributed by atoms with Crippen LogP contribution in [0.5, 0.6) is 0 Å².